The van der Waals surface area contributed by atoms with Gasteiger partial charge in [-0.15, -0.1) is 0 Å². The SMILES string of the molecule is OCc1ccc(OCCOc2ccccc2Cl)cn1. The van der Waals surface area contributed by atoms with Gasteiger partial charge in [-0.3, -0.25) is 4.98 Å². The molecular formula is C14H14ClNO3. The highest BCUT2D eigenvalue weighted by Crippen LogP contribution is 2.22. The molecule has 0 saturated heterocycles. The zero-order chi connectivity index (χ0) is 13.5. The Balaban J connectivity index is 1.76. The van der Waals surface area contributed by atoms with Crippen LogP contribution < -0.4 is 9.47 Å². The lowest BCUT2D eigenvalue weighted by Crippen LogP contribution is -2.09. The zero-order valence-electron chi connectivity index (χ0n) is 10.3. The Morgan fingerprint density at radius 2 is 1.84 bits per heavy atom. The fraction of sp³-hybridized carbons (Fsp3) is 0.214. The number of halogens is 1. The number of pyridine rings is 1. The molecule has 2 rings (SSSR count). The lowest BCUT2D eigenvalue weighted by Gasteiger charge is -2.09. The van der Waals surface area contributed by atoms with Crippen molar-refractivity contribution in [2.24, 2.45) is 0 Å². The molecule has 0 radical (unpaired) electrons. The first kappa shape index (κ1) is 13.6. The Labute approximate surface area is 116 Å². The average molecular weight is 280 g/mol. The van der Waals surface area contributed by atoms with Crippen LogP contribution in [0.4, 0.5) is 0 Å². The van der Waals surface area contributed by atoms with Crippen molar-refractivity contribution in [3.63, 3.8) is 0 Å². The number of nitrogens with zero attached hydrogens (tertiary/aromatic N) is 1. The molecule has 0 unspecified atom stereocenters. The van der Waals surface area contributed by atoms with Gasteiger partial charge in [0.25, 0.3) is 0 Å². The van der Waals surface area contributed by atoms with Gasteiger partial charge in [-0.1, -0.05) is 23.7 Å². The van der Waals surface area contributed by atoms with Gasteiger partial charge in [0.15, 0.2) is 0 Å². The maximum absolute atomic E-state index is 8.86. The van der Waals surface area contributed by atoms with E-state index in [0.29, 0.717) is 35.4 Å². The Bertz CT molecular complexity index is 516. The molecule has 1 N–H and O–H groups in total. The highest BCUT2D eigenvalue weighted by Gasteiger charge is 2.00. The van der Waals surface area contributed by atoms with Crippen LogP contribution in [-0.4, -0.2) is 23.3 Å². The summed E-state index contributed by atoms with van der Waals surface area (Å²) >= 11 is 5.95. The maximum atomic E-state index is 8.86. The van der Waals surface area contributed by atoms with Crippen LogP contribution >= 0.6 is 11.6 Å². The van der Waals surface area contributed by atoms with Crippen molar-refractivity contribution in [1.82, 2.24) is 4.98 Å². The van der Waals surface area contributed by atoms with Crippen LogP contribution in [-0.2, 0) is 6.61 Å². The molecule has 19 heavy (non-hydrogen) atoms. The molecule has 4 nitrogen and oxygen atoms in total. The molecule has 5 heteroatoms. The van der Waals surface area contributed by atoms with Crippen molar-refractivity contribution in [3.8, 4) is 11.5 Å². The smallest absolute Gasteiger partial charge is 0.138 e. The summed E-state index contributed by atoms with van der Waals surface area (Å²) in [7, 11) is 0. The molecule has 2 aromatic rings. The summed E-state index contributed by atoms with van der Waals surface area (Å²) in [6.45, 7) is 0.715. The molecule has 0 aliphatic heterocycles. The molecule has 1 aromatic heterocycles. The molecule has 0 atom stereocenters. The van der Waals surface area contributed by atoms with E-state index >= 15 is 0 Å². The molecule has 0 aliphatic carbocycles. The van der Waals surface area contributed by atoms with Crippen LogP contribution in [0.2, 0.25) is 5.02 Å². The molecule has 1 heterocycles. The number of aliphatic hydroxyl groups excluding tert-OH is 1. The molecular weight excluding hydrogens is 266 g/mol. The van der Waals surface area contributed by atoms with Crippen LogP contribution in [0, 0.1) is 0 Å². The van der Waals surface area contributed by atoms with Gasteiger partial charge in [0, 0.05) is 0 Å². The van der Waals surface area contributed by atoms with Crippen LogP contribution in [0.15, 0.2) is 42.6 Å². The lowest BCUT2D eigenvalue weighted by molar-refractivity contribution is 0.216. The summed E-state index contributed by atoms with van der Waals surface area (Å²) in [6, 6.07) is 10.8. The standard InChI is InChI=1S/C14H14ClNO3/c15-13-3-1-2-4-14(13)19-8-7-18-12-6-5-11(10-17)16-9-12/h1-6,9,17H,7-8,10H2. The number of aliphatic hydroxyl groups is 1. The second kappa shape index (κ2) is 6.97. The summed E-state index contributed by atoms with van der Waals surface area (Å²) in [4.78, 5) is 4.01. The topological polar surface area (TPSA) is 51.6 Å². The maximum Gasteiger partial charge on any atom is 0.138 e. The Morgan fingerprint density at radius 1 is 1.05 bits per heavy atom. The van der Waals surface area contributed by atoms with Crippen molar-refractivity contribution in [2.75, 3.05) is 13.2 Å². The van der Waals surface area contributed by atoms with E-state index in [4.69, 9.17) is 26.2 Å². The van der Waals surface area contributed by atoms with E-state index in [2.05, 4.69) is 4.98 Å². The second-order valence-electron chi connectivity index (χ2n) is 3.77. The van der Waals surface area contributed by atoms with Crippen molar-refractivity contribution >= 4 is 11.6 Å². The first-order valence-electron chi connectivity index (χ1n) is 5.85. The Hall–Kier alpha value is -1.78. The number of aromatic nitrogens is 1. The largest absolute Gasteiger partial charge is 0.488 e. The second-order valence-corrected chi connectivity index (χ2v) is 4.18. The molecule has 0 fully saturated rings. The quantitative estimate of drug-likeness (QED) is 0.826. The number of rotatable bonds is 6. The van der Waals surface area contributed by atoms with E-state index in [-0.39, 0.29) is 6.61 Å². The van der Waals surface area contributed by atoms with Gasteiger partial charge in [0.05, 0.1) is 23.5 Å². The van der Waals surface area contributed by atoms with Gasteiger partial charge in [-0.05, 0) is 24.3 Å². The first-order chi connectivity index (χ1) is 9.29. The normalized spacial score (nSPS) is 10.2. The van der Waals surface area contributed by atoms with E-state index in [1.807, 2.05) is 12.1 Å². The van der Waals surface area contributed by atoms with Gasteiger partial charge >= 0.3 is 0 Å². The Morgan fingerprint density at radius 3 is 2.53 bits per heavy atom. The highest BCUT2D eigenvalue weighted by atomic mass is 35.5. The third-order valence-electron chi connectivity index (χ3n) is 2.41. The fourth-order valence-electron chi connectivity index (χ4n) is 1.46. The molecule has 0 bridgehead atoms. The van der Waals surface area contributed by atoms with Crippen molar-refractivity contribution in [1.29, 1.82) is 0 Å². The number of hydrogen-bond acceptors (Lipinski definition) is 4. The third-order valence-corrected chi connectivity index (χ3v) is 2.72. The van der Waals surface area contributed by atoms with Gasteiger partial charge < -0.3 is 14.6 Å². The molecule has 100 valence electrons. The van der Waals surface area contributed by atoms with Gasteiger partial charge in [-0.2, -0.15) is 0 Å². The summed E-state index contributed by atoms with van der Waals surface area (Å²) in [5.74, 6) is 1.28. The third kappa shape index (κ3) is 4.12. The van der Waals surface area contributed by atoms with E-state index in [0.717, 1.165) is 0 Å². The minimum Gasteiger partial charge on any atom is -0.488 e. The van der Waals surface area contributed by atoms with Crippen LogP contribution in [0.25, 0.3) is 0 Å². The van der Waals surface area contributed by atoms with E-state index in [9.17, 15) is 0 Å². The molecule has 1 aromatic carbocycles. The summed E-state index contributed by atoms with van der Waals surface area (Å²) in [5.41, 5.74) is 0.611. The monoisotopic (exact) mass is 279 g/mol. The van der Waals surface area contributed by atoms with Gasteiger partial charge in [0.1, 0.15) is 24.7 Å². The number of para-hydroxylation sites is 1. The Kier molecular flexibility index (Phi) is 5.01. The number of ether oxygens (including phenoxy) is 2. The molecule has 0 spiro atoms. The number of hydrogen-bond donors (Lipinski definition) is 1. The average Bonchev–Trinajstić information content (AvgIpc) is 2.46. The minimum atomic E-state index is -0.0735. The highest BCUT2D eigenvalue weighted by molar-refractivity contribution is 6.32. The van der Waals surface area contributed by atoms with E-state index < -0.39 is 0 Å². The first-order valence-corrected chi connectivity index (χ1v) is 6.23. The van der Waals surface area contributed by atoms with Crippen molar-refractivity contribution < 1.29 is 14.6 Å². The van der Waals surface area contributed by atoms with Gasteiger partial charge in [0.2, 0.25) is 0 Å². The predicted molar refractivity (Wildman–Crippen MR) is 72.6 cm³/mol. The van der Waals surface area contributed by atoms with Crippen LogP contribution in [0.5, 0.6) is 11.5 Å². The van der Waals surface area contributed by atoms with Gasteiger partial charge in [-0.25, -0.2) is 0 Å². The minimum absolute atomic E-state index is 0.0735. The van der Waals surface area contributed by atoms with Crippen LogP contribution in [0.1, 0.15) is 5.69 Å². The summed E-state index contributed by atoms with van der Waals surface area (Å²) in [6.07, 6.45) is 1.57. The molecule has 0 aliphatic rings. The fourth-order valence-corrected chi connectivity index (χ4v) is 1.65. The lowest BCUT2D eigenvalue weighted by atomic mass is 10.3. The van der Waals surface area contributed by atoms with Crippen molar-refractivity contribution in [2.45, 2.75) is 6.61 Å². The summed E-state index contributed by atoms with van der Waals surface area (Å²) < 4.78 is 10.9. The summed E-state index contributed by atoms with van der Waals surface area (Å²) in [5, 5.41) is 9.44. The molecule has 0 saturated carbocycles. The molecule has 0 amide bonds. The van der Waals surface area contributed by atoms with Crippen LogP contribution in [0.3, 0.4) is 0 Å². The van der Waals surface area contributed by atoms with Crippen molar-refractivity contribution in [3.05, 3.63) is 53.3 Å². The predicted octanol–water partition coefficient (Wildman–Crippen LogP) is 2.69. The van der Waals surface area contributed by atoms with E-state index in [1.165, 1.54) is 0 Å². The zero-order valence-corrected chi connectivity index (χ0v) is 11.0. The number of benzene rings is 1. The van der Waals surface area contributed by atoms with E-state index in [1.54, 1.807) is 30.5 Å².